The third-order valence-corrected chi connectivity index (χ3v) is 3.94. The van der Waals surface area contributed by atoms with E-state index in [-0.39, 0.29) is 17.7 Å². The SMILES string of the molecule is O=C(OCc1cc(-c2ccccc2)on1)c1cc(=O)[nH]c2ccccc12. The van der Waals surface area contributed by atoms with Gasteiger partial charge >= 0.3 is 5.97 Å². The zero-order valence-electron chi connectivity index (χ0n) is 13.6. The summed E-state index contributed by atoms with van der Waals surface area (Å²) in [6.07, 6.45) is 0. The smallest absolute Gasteiger partial charge is 0.339 e. The van der Waals surface area contributed by atoms with Crippen LogP contribution < -0.4 is 5.56 Å². The number of rotatable bonds is 4. The minimum atomic E-state index is -0.587. The molecule has 0 saturated carbocycles. The maximum Gasteiger partial charge on any atom is 0.339 e. The van der Waals surface area contributed by atoms with Crippen molar-refractivity contribution in [2.24, 2.45) is 0 Å². The summed E-state index contributed by atoms with van der Waals surface area (Å²) in [6, 6.07) is 19.5. The summed E-state index contributed by atoms with van der Waals surface area (Å²) in [5.74, 6) is 0.00909. The summed E-state index contributed by atoms with van der Waals surface area (Å²) in [4.78, 5) is 26.9. The lowest BCUT2D eigenvalue weighted by molar-refractivity contribution is 0.0466. The van der Waals surface area contributed by atoms with Crippen LogP contribution in [0.1, 0.15) is 16.1 Å². The van der Waals surface area contributed by atoms with Crippen LogP contribution in [-0.4, -0.2) is 16.1 Å². The van der Waals surface area contributed by atoms with Crippen molar-refractivity contribution in [3.63, 3.8) is 0 Å². The maximum atomic E-state index is 12.4. The van der Waals surface area contributed by atoms with Crippen molar-refractivity contribution in [3.05, 3.63) is 88.3 Å². The molecule has 2 aromatic heterocycles. The zero-order valence-corrected chi connectivity index (χ0v) is 13.6. The van der Waals surface area contributed by atoms with Crippen LogP contribution in [0, 0.1) is 0 Å². The predicted molar refractivity (Wildman–Crippen MR) is 95.6 cm³/mol. The van der Waals surface area contributed by atoms with Crippen LogP contribution in [0.4, 0.5) is 0 Å². The van der Waals surface area contributed by atoms with Gasteiger partial charge in [0.05, 0.1) is 5.56 Å². The molecule has 0 aliphatic heterocycles. The highest BCUT2D eigenvalue weighted by Gasteiger charge is 2.14. The molecule has 0 fully saturated rings. The monoisotopic (exact) mass is 346 g/mol. The molecule has 0 unspecified atom stereocenters. The highest BCUT2D eigenvalue weighted by molar-refractivity contribution is 6.03. The lowest BCUT2D eigenvalue weighted by atomic mass is 10.1. The average molecular weight is 346 g/mol. The molecule has 2 heterocycles. The van der Waals surface area contributed by atoms with Crippen LogP contribution in [-0.2, 0) is 11.3 Å². The van der Waals surface area contributed by atoms with Gasteiger partial charge in [-0.25, -0.2) is 4.79 Å². The van der Waals surface area contributed by atoms with E-state index in [1.165, 1.54) is 6.07 Å². The van der Waals surface area contributed by atoms with Gasteiger partial charge in [-0.2, -0.15) is 0 Å². The van der Waals surface area contributed by atoms with Gasteiger partial charge in [0.1, 0.15) is 12.3 Å². The second-order valence-electron chi connectivity index (χ2n) is 5.72. The molecule has 0 atom stereocenters. The van der Waals surface area contributed by atoms with Gasteiger partial charge in [0.2, 0.25) is 5.56 Å². The van der Waals surface area contributed by atoms with Gasteiger partial charge in [-0.3, -0.25) is 4.79 Å². The van der Waals surface area contributed by atoms with Crippen molar-refractivity contribution in [1.29, 1.82) is 0 Å². The summed E-state index contributed by atoms with van der Waals surface area (Å²) in [7, 11) is 0. The van der Waals surface area contributed by atoms with Gasteiger partial charge in [-0.15, -0.1) is 0 Å². The van der Waals surface area contributed by atoms with Crippen molar-refractivity contribution in [2.75, 3.05) is 0 Å². The number of esters is 1. The molecular formula is C20H14N2O4. The second kappa shape index (κ2) is 6.68. The number of pyridine rings is 1. The molecule has 0 spiro atoms. The first kappa shape index (κ1) is 15.8. The normalized spacial score (nSPS) is 10.8. The van der Waals surface area contributed by atoms with Crippen molar-refractivity contribution < 1.29 is 14.1 Å². The Morgan fingerprint density at radius 2 is 1.81 bits per heavy atom. The van der Waals surface area contributed by atoms with Gasteiger partial charge in [0, 0.05) is 28.6 Å². The first-order valence-electron chi connectivity index (χ1n) is 8.01. The Balaban J connectivity index is 1.53. The molecule has 0 amide bonds. The van der Waals surface area contributed by atoms with E-state index in [4.69, 9.17) is 9.26 Å². The number of H-pyrrole nitrogens is 1. The molecule has 0 aliphatic carbocycles. The van der Waals surface area contributed by atoms with Crippen molar-refractivity contribution in [3.8, 4) is 11.3 Å². The van der Waals surface area contributed by atoms with Gasteiger partial charge < -0.3 is 14.2 Å². The Labute approximate surface area is 148 Å². The van der Waals surface area contributed by atoms with Crippen LogP contribution in [0.3, 0.4) is 0 Å². The minimum Gasteiger partial charge on any atom is -0.455 e. The van der Waals surface area contributed by atoms with E-state index in [2.05, 4.69) is 10.1 Å². The molecule has 4 aromatic rings. The number of carbonyl (C=O) groups is 1. The van der Waals surface area contributed by atoms with E-state index in [1.54, 1.807) is 30.3 Å². The van der Waals surface area contributed by atoms with Crippen molar-refractivity contribution in [2.45, 2.75) is 6.61 Å². The number of ether oxygens (including phenoxy) is 1. The van der Waals surface area contributed by atoms with E-state index in [9.17, 15) is 9.59 Å². The van der Waals surface area contributed by atoms with Crippen molar-refractivity contribution >= 4 is 16.9 Å². The summed E-state index contributed by atoms with van der Waals surface area (Å²) in [5, 5.41) is 4.55. The molecular weight excluding hydrogens is 332 g/mol. The summed E-state index contributed by atoms with van der Waals surface area (Å²) < 4.78 is 10.6. The van der Waals surface area contributed by atoms with E-state index in [0.717, 1.165) is 5.56 Å². The Bertz CT molecular complexity index is 1130. The summed E-state index contributed by atoms with van der Waals surface area (Å²) >= 11 is 0. The molecule has 1 N–H and O–H groups in total. The number of fused-ring (bicyclic) bond motifs is 1. The standard InChI is InChI=1S/C20H14N2O4/c23-19-11-16(15-8-4-5-9-17(15)21-19)20(24)25-12-14-10-18(26-22-14)13-6-2-1-3-7-13/h1-11H,12H2,(H,21,23). The molecule has 0 bridgehead atoms. The largest absolute Gasteiger partial charge is 0.455 e. The lowest BCUT2D eigenvalue weighted by Crippen LogP contribution is -2.13. The van der Waals surface area contributed by atoms with Gasteiger partial charge in [0.15, 0.2) is 5.76 Å². The first-order valence-corrected chi connectivity index (χ1v) is 8.01. The van der Waals surface area contributed by atoms with Gasteiger partial charge in [0.25, 0.3) is 0 Å². The fraction of sp³-hybridized carbons (Fsp3) is 0.0500. The predicted octanol–water partition coefficient (Wildman–Crippen LogP) is 3.54. The van der Waals surface area contributed by atoms with Crippen LogP contribution >= 0.6 is 0 Å². The number of nitrogens with zero attached hydrogens (tertiary/aromatic N) is 1. The number of nitrogens with one attached hydrogen (secondary N) is 1. The molecule has 26 heavy (non-hydrogen) atoms. The second-order valence-corrected chi connectivity index (χ2v) is 5.72. The number of para-hydroxylation sites is 1. The van der Waals surface area contributed by atoms with Crippen LogP contribution in [0.5, 0.6) is 0 Å². The number of aromatic nitrogens is 2. The highest BCUT2D eigenvalue weighted by Crippen LogP contribution is 2.21. The molecule has 6 nitrogen and oxygen atoms in total. The third-order valence-electron chi connectivity index (χ3n) is 3.94. The lowest BCUT2D eigenvalue weighted by Gasteiger charge is -2.05. The fourth-order valence-corrected chi connectivity index (χ4v) is 2.71. The minimum absolute atomic E-state index is 0.0453. The maximum absolute atomic E-state index is 12.4. The molecule has 6 heteroatoms. The number of hydrogen-bond acceptors (Lipinski definition) is 5. The first-order chi connectivity index (χ1) is 12.7. The Morgan fingerprint density at radius 1 is 1.04 bits per heavy atom. The fourth-order valence-electron chi connectivity index (χ4n) is 2.71. The zero-order chi connectivity index (χ0) is 17.9. The summed E-state index contributed by atoms with van der Waals surface area (Å²) in [5.41, 5.74) is 1.82. The van der Waals surface area contributed by atoms with Gasteiger partial charge in [-0.05, 0) is 6.07 Å². The molecule has 2 aromatic carbocycles. The number of carbonyl (C=O) groups excluding carboxylic acids is 1. The Kier molecular flexibility index (Phi) is 4.07. The van der Waals surface area contributed by atoms with Gasteiger partial charge in [-0.1, -0.05) is 53.7 Å². The molecule has 0 aliphatic rings. The van der Waals surface area contributed by atoms with E-state index in [0.29, 0.717) is 22.4 Å². The van der Waals surface area contributed by atoms with Crippen LogP contribution in [0.15, 0.2) is 76.0 Å². The third kappa shape index (κ3) is 3.12. The van der Waals surface area contributed by atoms with Crippen LogP contribution in [0.2, 0.25) is 0 Å². The topological polar surface area (TPSA) is 85.2 Å². The van der Waals surface area contributed by atoms with E-state index in [1.807, 2.05) is 30.3 Å². The molecule has 0 radical (unpaired) electrons. The number of aromatic amines is 1. The van der Waals surface area contributed by atoms with Crippen molar-refractivity contribution in [1.82, 2.24) is 10.1 Å². The molecule has 0 saturated heterocycles. The van der Waals surface area contributed by atoms with E-state index >= 15 is 0 Å². The number of hydrogen-bond donors (Lipinski definition) is 1. The Morgan fingerprint density at radius 3 is 2.65 bits per heavy atom. The molecule has 128 valence electrons. The number of benzene rings is 2. The molecule has 4 rings (SSSR count). The quantitative estimate of drug-likeness (QED) is 0.571. The summed E-state index contributed by atoms with van der Waals surface area (Å²) in [6.45, 7) is -0.0453. The van der Waals surface area contributed by atoms with E-state index < -0.39 is 5.97 Å². The highest BCUT2D eigenvalue weighted by atomic mass is 16.5. The van der Waals surface area contributed by atoms with Crippen LogP contribution in [0.25, 0.3) is 22.2 Å². The average Bonchev–Trinajstić information content (AvgIpc) is 3.15. The Hall–Kier alpha value is -3.67.